The quantitative estimate of drug-likeness (QED) is 0.280. The van der Waals surface area contributed by atoms with Gasteiger partial charge in [-0.1, -0.05) is 90.4 Å². The Labute approximate surface area is 136 Å². The fourth-order valence-corrected chi connectivity index (χ4v) is 3.08. The van der Waals surface area contributed by atoms with Gasteiger partial charge in [-0.3, -0.25) is 4.72 Å². The Morgan fingerprint density at radius 2 is 1.14 bits per heavy atom. The number of amides is 2. The molecular weight excluding hydrogens is 280 g/mol. The van der Waals surface area contributed by atoms with Crippen molar-refractivity contribution in [1.82, 2.24) is 4.72 Å². The highest BCUT2D eigenvalue weighted by Gasteiger charge is 1.95. The molecule has 3 nitrogen and oxygen atoms in total. The van der Waals surface area contributed by atoms with Crippen LogP contribution in [0, 0.1) is 0 Å². The van der Waals surface area contributed by atoms with Gasteiger partial charge in [-0.25, -0.2) is 4.79 Å². The highest BCUT2D eigenvalue weighted by Crippen LogP contribution is 2.13. The third-order valence-electron chi connectivity index (χ3n) is 3.77. The first-order valence-electron chi connectivity index (χ1n) is 8.94. The molecule has 21 heavy (non-hydrogen) atoms. The van der Waals surface area contributed by atoms with Gasteiger partial charge in [0.2, 0.25) is 0 Å². The van der Waals surface area contributed by atoms with Crippen LogP contribution in [-0.4, -0.2) is 11.8 Å². The van der Waals surface area contributed by atoms with E-state index in [0.29, 0.717) is 0 Å². The first-order valence-corrected chi connectivity index (χ1v) is 9.93. The molecule has 0 bridgehead atoms. The summed E-state index contributed by atoms with van der Waals surface area (Å²) in [5.74, 6) is 0.973. The number of carbonyl (C=O) groups is 1. The van der Waals surface area contributed by atoms with Gasteiger partial charge in [0.05, 0.1) is 0 Å². The van der Waals surface area contributed by atoms with Gasteiger partial charge in [-0.05, 0) is 18.4 Å². The Morgan fingerprint density at radius 3 is 1.52 bits per heavy atom. The maximum atomic E-state index is 10.4. The van der Waals surface area contributed by atoms with Crippen molar-refractivity contribution in [3.8, 4) is 0 Å². The van der Waals surface area contributed by atoms with E-state index < -0.39 is 6.03 Å². The third kappa shape index (κ3) is 19.6. The van der Waals surface area contributed by atoms with E-state index in [-0.39, 0.29) is 0 Å². The lowest BCUT2D eigenvalue weighted by atomic mass is 10.0. The van der Waals surface area contributed by atoms with Crippen molar-refractivity contribution >= 4 is 18.0 Å². The van der Waals surface area contributed by atoms with Gasteiger partial charge in [0.1, 0.15) is 0 Å². The van der Waals surface area contributed by atoms with Crippen molar-refractivity contribution in [3.05, 3.63) is 0 Å². The monoisotopic (exact) mass is 316 g/mol. The number of nitrogens with two attached hydrogens (primary N) is 1. The predicted octanol–water partition coefficient (Wildman–Crippen LogP) is 5.78. The average Bonchev–Trinajstić information content (AvgIpc) is 2.46. The van der Waals surface area contributed by atoms with Gasteiger partial charge in [-0.15, -0.1) is 0 Å². The molecule has 0 aromatic heterocycles. The molecule has 4 heteroatoms. The number of rotatable bonds is 16. The average molecular weight is 317 g/mol. The predicted molar refractivity (Wildman–Crippen MR) is 95.5 cm³/mol. The zero-order valence-corrected chi connectivity index (χ0v) is 14.8. The molecule has 0 heterocycles. The zero-order valence-electron chi connectivity index (χ0n) is 14.0. The standard InChI is InChI=1S/C17H36N2OS/c1-2-3-4-5-6-7-8-9-10-11-12-13-14-15-16-21-19-17(18)20/h2-16H2,1H3,(H3,18,19,20). The fourth-order valence-electron chi connectivity index (χ4n) is 2.49. The van der Waals surface area contributed by atoms with E-state index in [9.17, 15) is 4.79 Å². The minimum atomic E-state index is -0.439. The second-order valence-electron chi connectivity index (χ2n) is 5.91. The van der Waals surface area contributed by atoms with Crippen LogP contribution in [0.2, 0.25) is 0 Å². The van der Waals surface area contributed by atoms with Crippen LogP contribution >= 0.6 is 11.9 Å². The smallest absolute Gasteiger partial charge is 0.322 e. The Morgan fingerprint density at radius 1 is 0.762 bits per heavy atom. The number of hydrogen-bond donors (Lipinski definition) is 2. The SMILES string of the molecule is CCCCCCCCCCCCCCCCSNC(N)=O. The Bertz CT molecular complexity index is 225. The molecule has 0 spiro atoms. The van der Waals surface area contributed by atoms with E-state index >= 15 is 0 Å². The summed E-state index contributed by atoms with van der Waals surface area (Å²) in [5.41, 5.74) is 4.98. The van der Waals surface area contributed by atoms with Gasteiger partial charge in [-0.2, -0.15) is 0 Å². The van der Waals surface area contributed by atoms with Crippen LogP contribution < -0.4 is 10.5 Å². The summed E-state index contributed by atoms with van der Waals surface area (Å²) in [6, 6.07) is -0.439. The van der Waals surface area contributed by atoms with Crippen molar-refractivity contribution in [2.75, 3.05) is 5.75 Å². The Balaban J connectivity index is 2.95. The molecule has 3 N–H and O–H groups in total. The molecule has 0 aliphatic carbocycles. The summed E-state index contributed by atoms with van der Waals surface area (Å²) in [6.07, 6.45) is 19.3. The van der Waals surface area contributed by atoms with Crippen LogP contribution in [0.5, 0.6) is 0 Å². The van der Waals surface area contributed by atoms with Crippen molar-refractivity contribution in [2.45, 2.75) is 96.8 Å². The molecule has 0 unspecified atom stereocenters. The highest BCUT2D eigenvalue weighted by atomic mass is 32.2. The molecule has 126 valence electrons. The van der Waals surface area contributed by atoms with E-state index in [1.54, 1.807) is 0 Å². The van der Waals surface area contributed by atoms with E-state index in [1.807, 2.05) is 0 Å². The van der Waals surface area contributed by atoms with E-state index in [2.05, 4.69) is 11.6 Å². The molecule has 0 atom stereocenters. The van der Waals surface area contributed by atoms with Crippen LogP contribution in [0.3, 0.4) is 0 Å². The number of nitrogens with one attached hydrogen (secondary N) is 1. The maximum Gasteiger partial charge on any atom is 0.322 e. The van der Waals surface area contributed by atoms with Crippen LogP contribution in [0.25, 0.3) is 0 Å². The van der Waals surface area contributed by atoms with Gasteiger partial charge in [0, 0.05) is 5.75 Å². The summed E-state index contributed by atoms with van der Waals surface area (Å²) < 4.78 is 2.55. The van der Waals surface area contributed by atoms with Crippen molar-refractivity contribution in [1.29, 1.82) is 0 Å². The zero-order chi connectivity index (χ0) is 15.6. The topological polar surface area (TPSA) is 55.1 Å². The summed E-state index contributed by atoms with van der Waals surface area (Å²) >= 11 is 1.42. The van der Waals surface area contributed by atoms with Crippen molar-refractivity contribution in [2.24, 2.45) is 5.73 Å². The number of urea groups is 1. The van der Waals surface area contributed by atoms with Crippen molar-refractivity contribution in [3.63, 3.8) is 0 Å². The Hall–Kier alpha value is -0.380. The third-order valence-corrected chi connectivity index (χ3v) is 4.61. The first kappa shape index (κ1) is 20.6. The molecule has 0 radical (unpaired) electrons. The molecule has 0 aliphatic heterocycles. The molecule has 0 fully saturated rings. The van der Waals surface area contributed by atoms with E-state index in [4.69, 9.17) is 5.73 Å². The fraction of sp³-hybridized carbons (Fsp3) is 0.941. The number of carbonyl (C=O) groups excluding carboxylic acids is 1. The molecule has 0 aromatic carbocycles. The maximum absolute atomic E-state index is 10.4. The van der Waals surface area contributed by atoms with Crippen LogP contribution in [0.15, 0.2) is 0 Å². The molecule has 0 aliphatic rings. The van der Waals surface area contributed by atoms with Gasteiger partial charge in [0.25, 0.3) is 0 Å². The lowest BCUT2D eigenvalue weighted by Gasteiger charge is -2.03. The largest absolute Gasteiger partial charge is 0.351 e. The van der Waals surface area contributed by atoms with Crippen LogP contribution in [-0.2, 0) is 0 Å². The Kier molecular flexibility index (Phi) is 17.4. The number of unbranched alkanes of at least 4 members (excludes halogenated alkanes) is 13. The normalized spacial score (nSPS) is 10.7. The molecule has 0 aromatic rings. The van der Waals surface area contributed by atoms with E-state index in [0.717, 1.165) is 5.75 Å². The summed E-state index contributed by atoms with van der Waals surface area (Å²) in [4.78, 5) is 10.4. The molecule has 0 saturated heterocycles. The highest BCUT2D eigenvalue weighted by molar-refractivity contribution is 7.97. The van der Waals surface area contributed by atoms with Crippen LogP contribution in [0.4, 0.5) is 4.79 Å². The summed E-state index contributed by atoms with van der Waals surface area (Å²) in [5, 5.41) is 0. The van der Waals surface area contributed by atoms with Gasteiger partial charge >= 0.3 is 6.03 Å². The second kappa shape index (κ2) is 17.7. The van der Waals surface area contributed by atoms with E-state index in [1.165, 1.54) is 102 Å². The summed E-state index contributed by atoms with van der Waals surface area (Å²) in [7, 11) is 0. The van der Waals surface area contributed by atoms with Crippen molar-refractivity contribution < 1.29 is 4.79 Å². The second-order valence-corrected chi connectivity index (χ2v) is 6.81. The lowest BCUT2D eigenvalue weighted by molar-refractivity contribution is 0.254. The minimum absolute atomic E-state index is 0.439. The first-order chi connectivity index (χ1) is 10.3. The number of hydrogen-bond acceptors (Lipinski definition) is 2. The molecular formula is C17H36N2OS. The molecule has 2 amide bonds. The van der Waals surface area contributed by atoms with Gasteiger partial charge in [0.15, 0.2) is 0 Å². The number of primary amides is 1. The molecule has 0 saturated carbocycles. The summed E-state index contributed by atoms with van der Waals surface area (Å²) in [6.45, 7) is 2.27. The van der Waals surface area contributed by atoms with Crippen LogP contribution in [0.1, 0.15) is 96.8 Å². The minimum Gasteiger partial charge on any atom is -0.351 e. The lowest BCUT2D eigenvalue weighted by Crippen LogP contribution is -2.23. The molecule has 0 rings (SSSR count). The van der Waals surface area contributed by atoms with Gasteiger partial charge < -0.3 is 5.73 Å².